The van der Waals surface area contributed by atoms with Gasteiger partial charge >= 0.3 is 5.97 Å². The number of rotatable bonds is 12. The van der Waals surface area contributed by atoms with Crippen molar-refractivity contribution in [2.24, 2.45) is 0 Å². The molecule has 0 bridgehead atoms. The van der Waals surface area contributed by atoms with Gasteiger partial charge in [0.2, 0.25) is 0 Å². The first-order valence-corrected chi connectivity index (χ1v) is 9.08. The Balaban J connectivity index is 3.77. The molecule has 1 N–H and O–H groups in total. The summed E-state index contributed by atoms with van der Waals surface area (Å²) < 4.78 is 35.4. The van der Waals surface area contributed by atoms with Gasteiger partial charge in [0, 0.05) is 6.92 Å². The molecule has 20 heavy (non-hydrogen) atoms. The van der Waals surface area contributed by atoms with Gasteiger partial charge in [-0.2, -0.15) is 8.42 Å². The molecule has 1 atom stereocenters. The minimum atomic E-state index is -4.10. The van der Waals surface area contributed by atoms with Crippen LogP contribution in [0.5, 0.6) is 0 Å². The summed E-state index contributed by atoms with van der Waals surface area (Å²) in [4.78, 5) is 10.9. The van der Waals surface area contributed by atoms with E-state index in [1.807, 2.05) is 0 Å². The van der Waals surface area contributed by atoms with Crippen LogP contribution in [0.15, 0.2) is 0 Å². The third-order valence-electron chi connectivity index (χ3n) is 3.11. The largest absolute Gasteiger partial charge is 0.461 e. The van der Waals surface area contributed by atoms with Crippen molar-refractivity contribution in [3.05, 3.63) is 0 Å². The molecule has 5 nitrogen and oxygen atoms in total. The third kappa shape index (κ3) is 13.8. The Kier molecular flexibility index (Phi) is 10.7. The predicted octanol–water partition coefficient (Wildman–Crippen LogP) is 3.34. The molecule has 0 aromatic heterocycles. The molecule has 0 aliphatic heterocycles. The van der Waals surface area contributed by atoms with E-state index in [4.69, 9.17) is 9.29 Å². The SMILES string of the molecule is CCCCCCCCCCC(CS(=O)(=O)O)OC(C)=O. The fourth-order valence-corrected chi connectivity index (χ4v) is 2.86. The van der Waals surface area contributed by atoms with Crippen molar-refractivity contribution in [1.29, 1.82) is 0 Å². The first kappa shape index (κ1) is 19.4. The Bertz CT molecular complexity index is 351. The summed E-state index contributed by atoms with van der Waals surface area (Å²) in [6.45, 7) is 3.43. The Morgan fingerprint density at radius 3 is 2.00 bits per heavy atom. The lowest BCUT2D eigenvalue weighted by molar-refractivity contribution is -0.145. The average Bonchev–Trinajstić information content (AvgIpc) is 2.29. The van der Waals surface area contributed by atoms with Gasteiger partial charge in [0.05, 0.1) is 0 Å². The molecule has 0 rings (SSSR count). The Labute approximate surface area is 122 Å². The van der Waals surface area contributed by atoms with Gasteiger partial charge in [-0.25, -0.2) is 0 Å². The lowest BCUT2D eigenvalue weighted by atomic mass is 10.1. The van der Waals surface area contributed by atoms with Gasteiger partial charge in [-0.05, 0) is 12.8 Å². The van der Waals surface area contributed by atoms with Crippen LogP contribution in [0.4, 0.5) is 0 Å². The van der Waals surface area contributed by atoms with E-state index in [2.05, 4.69) is 6.92 Å². The van der Waals surface area contributed by atoms with Crippen LogP contribution in [-0.2, 0) is 19.6 Å². The van der Waals surface area contributed by atoms with Gasteiger partial charge in [0.15, 0.2) is 0 Å². The molecule has 120 valence electrons. The summed E-state index contributed by atoms with van der Waals surface area (Å²) in [7, 11) is -4.10. The second kappa shape index (κ2) is 11.1. The van der Waals surface area contributed by atoms with Crippen LogP contribution >= 0.6 is 0 Å². The molecule has 0 spiro atoms. The Morgan fingerprint density at radius 2 is 1.55 bits per heavy atom. The van der Waals surface area contributed by atoms with Crippen molar-refractivity contribution < 1.29 is 22.5 Å². The Hall–Kier alpha value is -0.620. The number of hydrogen-bond donors (Lipinski definition) is 1. The molecule has 6 heteroatoms. The molecular weight excluding hydrogens is 280 g/mol. The molecule has 0 saturated heterocycles. The quantitative estimate of drug-likeness (QED) is 0.340. The monoisotopic (exact) mass is 308 g/mol. The van der Waals surface area contributed by atoms with Crippen molar-refractivity contribution in [2.45, 2.75) is 77.7 Å². The van der Waals surface area contributed by atoms with Crippen molar-refractivity contribution in [3.8, 4) is 0 Å². The molecule has 0 aromatic rings. The van der Waals surface area contributed by atoms with Crippen molar-refractivity contribution in [2.75, 3.05) is 5.75 Å². The lowest BCUT2D eigenvalue weighted by Crippen LogP contribution is -2.25. The molecule has 1 unspecified atom stereocenters. The van der Waals surface area contributed by atoms with Crippen LogP contribution < -0.4 is 0 Å². The molecule has 0 aromatic carbocycles. The minimum Gasteiger partial charge on any atom is -0.461 e. The number of hydrogen-bond acceptors (Lipinski definition) is 4. The zero-order valence-electron chi connectivity index (χ0n) is 12.6. The number of esters is 1. The molecule has 0 radical (unpaired) electrons. The van der Waals surface area contributed by atoms with Gasteiger partial charge in [-0.15, -0.1) is 0 Å². The van der Waals surface area contributed by atoms with Crippen molar-refractivity contribution in [1.82, 2.24) is 0 Å². The van der Waals surface area contributed by atoms with Crippen LogP contribution in [0.2, 0.25) is 0 Å². The highest BCUT2D eigenvalue weighted by atomic mass is 32.2. The smallest absolute Gasteiger partial charge is 0.302 e. The maximum absolute atomic E-state index is 10.9. The summed E-state index contributed by atoms with van der Waals surface area (Å²) in [6, 6.07) is 0. The zero-order valence-corrected chi connectivity index (χ0v) is 13.5. The zero-order chi connectivity index (χ0) is 15.4. The first-order chi connectivity index (χ1) is 9.35. The maximum Gasteiger partial charge on any atom is 0.302 e. The van der Waals surface area contributed by atoms with Crippen LogP contribution in [0, 0.1) is 0 Å². The van der Waals surface area contributed by atoms with Gasteiger partial charge in [-0.3, -0.25) is 9.35 Å². The van der Waals surface area contributed by atoms with Crippen LogP contribution in [0.25, 0.3) is 0 Å². The molecule has 0 aliphatic rings. The van der Waals surface area contributed by atoms with Gasteiger partial charge in [0.25, 0.3) is 10.1 Å². The summed E-state index contributed by atoms with van der Waals surface area (Å²) in [5.41, 5.74) is 0. The van der Waals surface area contributed by atoms with E-state index in [1.165, 1.54) is 39.0 Å². The highest BCUT2D eigenvalue weighted by Gasteiger charge is 2.19. The van der Waals surface area contributed by atoms with Gasteiger partial charge in [-0.1, -0.05) is 51.9 Å². The van der Waals surface area contributed by atoms with Gasteiger partial charge < -0.3 is 4.74 Å². The summed E-state index contributed by atoms with van der Waals surface area (Å²) in [5, 5.41) is 0. The van der Waals surface area contributed by atoms with E-state index in [0.717, 1.165) is 19.3 Å². The van der Waals surface area contributed by atoms with Crippen molar-refractivity contribution in [3.63, 3.8) is 0 Å². The minimum absolute atomic E-state index is 0.480. The summed E-state index contributed by atoms with van der Waals surface area (Å²) >= 11 is 0. The lowest BCUT2D eigenvalue weighted by Gasteiger charge is -2.15. The molecular formula is C14H28O5S. The normalized spacial score (nSPS) is 13.2. The van der Waals surface area contributed by atoms with Crippen LogP contribution in [0.1, 0.15) is 71.6 Å². The number of ether oxygens (including phenoxy) is 1. The van der Waals surface area contributed by atoms with Gasteiger partial charge in [0.1, 0.15) is 11.9 Å². The average molecular weight is 308 g/mol. The fraction of sp³-hybridized carbons (Fsp3) is 0.929. The highest BCUT2D eigenvalue weighted by molar-refractivity contribution is 7.85. The van der Waals surface area contributed by atoms with E-state index >= 15 is 0 Å². The van der Waals surface area contributed by atoms with E-state index in [0.29, 0.717) is 6.42 Å². The standard InChI is InChI=1S/C14H28O5S/c1-3-4-5-6-7-8-9-10-11-14(19-13(2)15)12-20(16,17)18/h14H,3-12H2,1-2H3,(H,16,17,18). The van der Waals surface area contributed by atoms with E-state index < -0.39 is 27.9 Å². The Morgan fingerprint density at radius 1 is 1.05 bits per heavy atom. The van der Waals surface area contributed by atoms with E-state index in [1.54, 1.807) is 0 Å². The molecule has 0 saturated carbocycles. The molecule has 0 aliphatic carbocycles. The predicted molar refractivity (Wildman–Crippen MR) is 79.2 cm³/mol. The van der Waals surface area contributed by atoms with E-state index in [9.17, 15) is 13.2 Å². The fourth-order valence-electron chi connectivity index (χ4n) is 2.15. The third-order valence-corrected chi connectivity index (χ3v) is 3.90. The number of unbranched alkanes of at least 4 members (excludes halogenated alkanes) is 7. The van der Waals surface area contributed by atoms with Crippen molar-refractivity contribution >= 4 is 16.1 Å². The summed E-state index contributed by atoms with van der Waals surface area (Å²) in [5.74, 6) is -1.03. The van der Waals surface area contributed by atoms with E-state index in [-0.39, 0.29) is 0 Å². The second-order valence-electron chi connectivity index (χ2n) is 5.24. The number of carbonyl (C=O) groups excluding carboxylic acids is 1. The molecule has 0 amide bonds. The maximum atomic E-state index is 10.9. The highest BCUT2D eigenvalue weighted by Crippen LogP contribution is 2.13. The first-order valence-electron chi connectivity index (χ1n) is 7.47. The van der Waals surface area contributed by atoms with Crippen LogP contribution in [-0.4, -0.2) is 30.8 Å². The topological polar surface area (TPSA) is 80.7 Å². The molecule has 0 fully saturated rings. The number of carbonyl (C=O) groups is 1. The second-order valence-corrected chi connectivity index (χ2v) is 6.74. The summed E-state index contributed by atoms with van der Waals surface area (Å²) in [6.07, 6.45) is 8.89. The van der Waals surface area contributed by atoms with Crippen LogP contribution in [0.3, 0.4) is 0 Å². The molecule has 0 heterocycles.